The highest BCUT2D eigenvalue weighted by atomic mass is 35.5. The van der Waals surface area contributed by atoms with Crippen LogP contribution in [0.4, 0.5) is 5.69 Å². The second-order valence-electron chi connectivity index (χ2n) is 6.22. The number of hydrogen-bond donors (Lipinski definition) is 2. The fraction of sp³-hybridized carbons (Fsp3) is 0.0952. The van der Waals surface area contributed by atoms with E-state index >= 15 is 0 Å². The Hall–Kier alpha value is -2.83. The molecule has 3 rings (SSSR count). The van der Waals surface area contributed by atoms with Crippen molar-refractivity contribution in [3.63, 3.8) is 0 Å². The number of para-hydroxylation sites is 1. The Morgan fingerprint density at radius 3 is 2.32 bits per heavy atom. The molecule has 1 amide bonds. The number of hydrogen-bond acceptors (Lipinski definition) is 3. The molecule has 0 saturated carbocycles. The molecule has 0 aromatic heterocycles. The summed E-state index contributed by atoms with van der Waals surface area (Å²) in [6, 6.07) is 21.7. The lowest BCUT2D eigenvalue weighted by Crippen LogP contribution is -2.27. The van der Waals surface area contributed by atoms with Gasteiger partial charge in [-0.25, -0.2) is 8.42 Å². The summed E-state index contributed by atoms with van der Waals surface area (Å²) in [4.78, 5) is 12.6. The molecule has 0 radical (unpaired) electrons. The van der Waals surface area contributed by atoms with E-state index in [1.165, 1.54) is 18.2 Å². The highest BCUT2D eigenvalue weighted by Crippen LogP contribution is 2.24. The molecule has 5 nitrogen and oxygen atoms in total. The number of halogens is 1. The van der Waals surface area contributed by atoms with E-state index in [1.54, 1.807) is 30.3 Å². The van der Waals surface area contributed by atoms with E-state index in [1.807, 2.05) is 37.3 Å². The molecule has 2 N–H and O–H groups in total. The molecule has 0 unspecified atom stereocenters. The summed E-state index contributed by atoms with van der Waals surface area (Å²) in [5, 5.41) is 3.16. The van der Waals surface area contributed by atoms with Gasteiger partial charge >= 0.3 is 0 Å². The Kier molecular flexibility index (Phi) is 6.02. The van der Waals surface area contributed by atoms with E-state index in [0.717, 1.165) is 5.56 Å². The molecule has 0 saturated heterocycles. The van der Waals surface area contributed by atoms with Gasteiger partial charge in [-0.05, 0) is 42.8 Å². The van der Waals surface area contributed by atoms with E-state index < -0.39 is 10.0 Å². The fourth-order valence-electron chi connectivity index (χ4n) is 2.66. The molecule has 0 bridgehead atoms. The topological polar surface area (TPSA) is 75.3 Å². The largest absolute Gasteiger partial charge is 0.346 e. The molecule has 0 spiro atoms. The number of sulfonamides is 1. The van der Waals surface area contributed by atoms with Crippen LogP contribution in [0.3, 0.4) is 0 Å². The molecule has 3 aromatic carbocycles. The first-order valence-corrected chi connectivity index (χ1v) is 10.5. The summed E-state index contributed by atoms with van der Waals surface area (Å²) < 4.78 is 27.8. The number of anilines is 1. The third kappa shape index (κ3) is 4.71. The van der Waals surface area contributed by atoms with Gasteiger partial charge in [-0.1, -0.05) is 60.1 Å². The number of amides is 1. The number of carbonyl (C=O) groups is 1. The van der Waals surface area contributed by atoms with Gasteiger partial charge in [-0.2, -0.15) is 0 Å². The van der Waals surface area contributed by atoms with Gasteiger partial charge in [0.2, 0.25) is 0 Å². The first kappa shape index (κ1) is 19.9. The molecule has 0 aliphatic heterocycles. The van der Waals surface area contributed by atoms with Crippen LogP contribution in [0.15, 0.2) is 83.8 Å². The van der Waals surface area contributed by atoms with Gasteiger partial charge in [0.1, 0.15) is 0 Å². The van der Waals surface area contributed by atoms with E-state index in [0.29, 0.717) is 0 Å². The molecule has 28 heavy (non-hydrogen) atoms. The Morgan fingerprint density at radius 2 is 1.61 bits per heavy atom. The van der Waals surface area contributed by atoms with Gasteiger partial charge in [0, 0.05) is 5.56 Å². The van der Waals surface area contributed by atoms with Gasteiger partial charge in [0.25, 0.3) is 15.9 Å². The summed E-state index contributed by atoms with van der Waals surface area (Å²) >= 11 is 6.02. The van der Waals surface area contributed by atoms with E-state index in [-0.39, 0.29) is 33.1 Å². The van der Waals surface area contributed by atoms with Gasteiger partial charge in [0.15, 0.2) is 0 Å². The van der Waals surface area contributed by atoms with Gasteiger partial charge < -0.3 is 5.32 Å². The van der Waals surface area contributed by atoms with E-state index in [9.17, 15) is 13.2 Å². The highest BCUT2D eigenvalue weighted by molar-refractivity contribution is 7.92. The first-order valence-electron chi connectivity index (χ1n) is 8.60. The number of carbonyl (C=O) groups excluding carboxylic acids is 1. The third-order valence-corrected chi connectivity index (χ3v) is 5.86. The third-order valence-electron chi connectivity index (χ3n) is 4.17. The van der Waals surface area contributed by atoms with Crippen molar-refractivity contribution in [2.75, 3.05) is 4.72 Å². The molecular formula is C21H19ClN2O3S. The lowest BCUT2D eigenvalue weighted by atomic mass is 10.1. The summed E-state index contributed by atoms with van der Waals surface area (Å²) in [6.45, 7) is 1.87. The average molecular weight is 415 g/mol. The van der Waals surface area contributed by atoms with Crippen LogP contribution >= 0.6 is 11.6 Å². The van der Waals surface area contributed by atoms with Crippen molar-refractivity contribution in [1.82, 2.24) is 5.32 Å². The first-order chi connectivity index (χ1) is 13.4. The smallest absolute Gasteiger partial charge is 0.261 e. The van der Waals surface area contributed by atoms with Crippen molar-refractivity contribution in [2.24, 2.45) is 0 Å². The Balaban J connectivity index is 1.79. The average Bonchev–Trinajstić information content (AvgIpc) is 2.70. The Labute approximate surface area is 169 Å². The molecule has 7 heteroatoms. The predicted octanol–water partition coefficient (Wildman–Crippen LogP) is 4.63. The van der Waals surface area contributed by atoms with Crippen molar-refractivity contribution in [1.29, 1.82) is 0 Å². The van der Waals surface area contributed by atoms with Gasteiger partial charge in [0.05, 0.1) is 21.6 Å². The number of nitrogens with one attached hydrogen (secondary N) is 2. The van der Waals surface area contributed by atoms with Crippen LogP contribution in [0.2, 0.25) is 5.02 Å². The van der Waals surface area contributed by atoms with Crippen LogP contribution in [0, 0.1) is 0 Å². The zero-order valence-electron chi connectivity index (χ0n) is 15.1. The Morgan fingerprint density at radius 1 is 0.929 bits per heavy atom. The minimum Gasteiger partial charge on any atom is -0.346 e. The van der Waals surface area contributed by atoms with Crippen molar-refractivity contribution in [3.05, 3.63) is 95.0 Å². The van der Waals surface area contributed by atoms with Crippen LogP contribution in [0.5, 0.6) is 0 Å². The zero-order chi connectivity index (χ0) is 20.1. The fourth-order valence-corrected chi connectivity index (χ4v) is 4.02. The SMILES string of the molecule is C[C@@H](NC(=O)c1cccc(S(=O)(=O)Nc2ccccc2Cl)c1)c1ccccc1. The highest BCUT2D eigenvalue weighted by Gasteiger charge is 2.18. The standard InChI is InChI=1S/C21H19ClN2O3S/c1-15(16-8-3-2-4-9-16)23-21(25)17-10-7-11-18(14-17)28(26,27)24-20-13-6-5-12-19(20)22/h2-15,24H,1H3,(H,23,25)/t15-/m1/s1. The minimum atomic E-state index is -3.89. The maximum Gasteiger partial charge on any atom is 0.261 e. The van der Waals surface area contributed by atoms with Crippen molar-refractivity contribution in [2.45, 2.75) is 17.9 Å². The maximum absolute atomic E-state index is 12.7. The molecule has 1 atom stereocenters. The van der Waals surface area contributed by atoms with Gasteiger partial charge in [-0.3, -0.25) is 9.52 Å². The minimum absolute atomic E-state index is 0.0209. The van der Waals surface area contributed by atoms with Crippen molar-refractivity contribution in [3.8, 4) is 0 Å². The molecule has 0 aliphatic rings. The lowest BCUT2D eigenvalue weighted by Gasteiger charge is -2.15. The van der Waals surface area contributed by atoms with Crippen molar-refractivity contribution < 1.29 is 13.2 Å². The van der Waals surface area contributed by atoms with E-state index in [2.05, 4.69) is 10.0 Å². The molecule has 144 valence electrons. The monoisotopic (exact) mass is 414 g/mol. The van der Waals surface area contributed by atoms with Crippen LogP contribution < -0.4 is 10.0 Å². The summed E-state index contributed by atoms with van der Waals surface area (Å²) in [5.41, 5.74) is 1.49. The Bertz CT molecular complexity index is 1090. The molecule has 0 fully saturated rings. The maximum atomic E-state index is 12.7. The summed E-state index contributed by atoms with van der Waals surface area (Å²) in [5.74, 6) is -0.355. The molecule has 0 heterocycles. The number of benzene rings is 3. The summed E-state index contributed by atoms with van der Waals surface area (Å²) in [7, 11) is -3.89. The quantitative estimate of drug-likeness (QED) is 0.617. The molecule has 3 aromatic rings. The van der Waals surface area contributed by atoms with Crippen LogP contribution in [0.25, 0.3) is 0 Å². The van der Waals surface area contributed by atoms with Crippen LogP contribution in [-0.4, -0.2) is 14.3 Å². The van der Waals surface area contributed by atoms with E-state index in [4.69, 9.17) is 11.6 Å². The van der Waals surface area contributed by atoms with Crippen LogP contribution in [-0.2, 0) is 10.0 Å². The zero-order valence-corrected chi connectivity index (χ0v) is 16.7. The number of rotatable bonds is 6. The molecular weight excluding hydrogens is 396 g/mol. The normalized spacial score (nSPS) is 12.2. The van der Waals surface area contributed by atoms with Crippen molar-refractivity contribution >= 4 is 33.2 Å². The second kappa shape index (κ2) is 8.46. The van der Waals surface area contributed by atoms with Gasteiger partial charge in [-0.15, -0.1) is 0 Å². The predicted molar refractivity (Wildman–Crippen MR) is 111 cm³/mol. The lowest BCUT2D eigenvalue weighted by molar-refractivity contribution is 0.0939. The van der Waals surface area contributed by atoms with Crippen LogP contribution in [0.1, 0.15) is 28.9 Å². The summed E-state index contributed by atoms with van der Waals surface area (Å²) in [6.07, 6.45) is 0. The second-order valence-corrected chi connectivity index (χ2v) is 8.31. The molecule has 0 aliphatic carbocycles.